The molecule has 7 nitrogen and oxygen atoms in total. The van der Waals surface area contributed by atoms with Crippen LogP contribution in [0.1, 0.15) is 0 Å². The van der Waals surface area contributed by atoms with E-state index in [2.05, 4.69) is 15.0 Å². The molecule has 0 aliphatic rings. The average Bonchev–Trinajstić information content (AvgIpc) is 2.90. The smallest absolute Gasteiger partial charge is 0.151 e. The highest BCUT2D eigenvalue weighted by molar-refractivity contribution is 7.98. The number of nitrogen functional groups attached to an aromatic ring is 1. The van der Waals surface area contributed by atoms with Crippen molar-refractivity contribution in [3.63, 3.8) is 0 Å². The van der Waals surface area contributed by atoms with Crippen molar-refractivity contribution < 1.29 is 10.2 Å². The molecule has 2 heterocycles. The van der Waals surface area contributed by atoms with Gasteiger partial charge in [0.1, 0.15) is 17.4 Å². The van der Waals surface area contributed by atoms with E-state index in [1.165, 1.54) is 6.33 Å². The molecule has 0 unspecified atom stereocenters. The topological polar surface area (TPSA) is 111 Å². The fourth-order valence-corrected chi connectivity index (χ4v) is 2.91. The van der Waals surface area contributed by atoms with Crippen LogP contribution in [-0.2, 0) is 0 Å². The SMILES string of the molecule is CSC[C@H](O)[C@@H](CO)CN(C)c1c[nH]c2c(N)ncnc12. The first-order chi connectivity index (χ1) is 10.1. The Labute approximate surface area is 127 Å². The number of aromatic nitrogens is 3. The van der Waals surface area contributed by atoms with Crippen LogP contribution in [0.4, 0.5) is 11.5 Å². The molecule has 0 fully saturated rings. The van der Waals surface area contributed by atoms with E-state index in [9.17, 15) is 10.2 Å². The Morgan fingerprint density at radius 2 is 2.24 bits per heavy atom. The van der Waals surface area contributed by atoms with E-state index in [-0.39, 0.29) is 12.5 Å². The first-order valence-corrected chi connectivity index (χ1v) is 8.04. The van der Waals surface area contributed by atoms with Crippen LogP contribution in [0.25, 0.3) is 11.0 Å². The number of anilines is 2. The lowest BCUT2D eigenvalue weighted by Gasteiger charge is -2.27. The van der Waals surface area contributed by atoms with E-state index in [1.54, 1.807) is 11.8 Å². The third kappa shape index (κ3) is 3.39. The summed E-state index contributed by atoms with van der Waals surface area (Å²) < 4.78 is 0. The molecule has 0 aliphatic carbocycles. The van der Waals surface area contributed by atoms with Crippen molar-refractivity contribution in [1.29, 1.82) is 0 Å². The minimum Gasteiger partial charge on any atom is -0.396 e. The van der Waals surface area contributed by atoms with Gasteiger partial charge in [-0.1, -0.05) is 0 Å². The zero-order valence-corrected chi connectivity index (χ0v) is 13.0. The maximum Gasteiger partial charge on any atom is 0.151 e. The fraction of sp³-hybridized carbons (Fsp3) is 0.538. The van der Waals surface area contributed by atoms with Gasteiger partial charge in [-0.2, -0.15) is 11.8 Å². The molecular weight excluding hydrogens is 290 g/mol. The van der Waals surface area contributed by atoms with Gasteiger partial charge in [-0.3, -0.25) is 0 Å². The van der Waals surface area contributed by atoms with Crippen LogP contribution >= 0.6 is 11.8 Å². The Hall–Kier alpha value is -1.51. The predicted molar refractivity (Wildman–Crippen MR) is 86.5 cm³/mol. The Balaban J connectivity index is 2.18. The first kappa shape index (κ1) is 15.9. The number of nitrogens with two attached hydrogens (primary N) is 1. The number of hydrogen-bond acceptors (Lipinski definition) is 7. The summed E-state index contributed by atoms with van der Waals surface area (Å²) in [6, 6.07) is 0. The van der Waals surface area contributed by atoms with Gasteiger partial charge in [0.25, 0.3) is 0 Å². The predicted octanol–water partition coefficient (Wildman–Crippen LogP) is 0.309. The molecule has 8 heteroatoms. The Morgan fingerprint density at radius 1 is 1.48 bits per heavy atom. The van der Waals surface area contributed by atoms with Crippen molar-refractivity contribution in [3.8, 4) is 0 Å². The van der Waals surface area contributed by atoms with Gasteiger partial charge in [-0.05, 0) is 6.26 Å². The summed E-state index contributed by atoms with van der Waals surface area (Å²) in [5, 5.41) is 19.5. The first-order valence-electron chi connectivity index (χ1n) is 6.65. The van der Waals surface area contributed by atoms with E-state index in [0.717, 1.165) is 11.2 Å². The molecule has 0 bridgehead atoms. The number of hydrogen-bond donors (Lipinski definition) is 4. The highest BCUT2D eigenvalue weighted by atomic mass is 32.2. The second-order valence-electron chi connectivity index (χ2n) is 5.00. The number of fused-ring (bicyclic) bond motifs is 1. The summed E-state index contributed by atoms with van der Waals surface area (Å²) in [5.74, 6) is 0.787. The summed E-state index contributed by atoms with van der Waals surface area (Å²) in [5.41, 5.74) is 8.11. The number of rotatable bonds is 7. The number of H-pyrrole nitrogens is 1. The fourth-order valence-electron chi connectivity index (χ4n) is 2.29. The molecule has 2 rings (SSSR count). The molecule has 2 atom stereocenters. The Morgan fingerprint density at radius 3 is 2.90 bits per heavy atom. The number of aliphatic hydroxyl groups is 2. The van der Waals surface area contributed by atoms with Gasteiger partial charge in [0.15, 0.2) is 5.82 Å². The summed E-state index contributed by atoms with van der Waals surface area (Å²) in [4.78, 5) is 13.2. The quantitative estimate of drug-likeness (QED) is 0.582. The van der Waals surface area contributed by atoms with Crippen LogP contribution in [0.2, 0.25) is 0 Å². The molecule has 21 heavy (non-hydrogen) atoms. The standard InChI is InChI=1S/C13H21N5O2S/c1-18(4-8(5-19)10(20)6-21-2)9-3-15-12-11(9)16-7-17-13(12)14/h3,7-8,10,15,19-20H,4-6H2,1-2H3,(H2,14,16,17)/t8-,10+/m1/s1. The minimum atomic E-state index is -0.544. The third-order valence-electron chi connectivity index (χ3n) is 3.51. The lowest BCUT2D eigenvalue weighted by molar-refractivity contribution is 0.0883. The summed E-state index contributed by atoms with van der Waals surface area (Å²) in [6.45, 7) is 0.459. The number of nitrogens with one attached hydrogen (secondary N) is 1. The second kappa shape index (κ2) is 6.97. The largest absolute Gasteiger partial charge is 0.396 e. The summed E-state index contributed by atoms with van der Waals surface area (Å²) in [7, 11) is 1.90. The van der Waals surface area contributed by atoms with Crippen LogP contribution in [0, 0.1) is 5.92 Å². The van der Waals surface area contributed by atoms with Gasteiger partial charge in [-0.25, -0.2) is 9.97 Å². The molecule has 2 aromatic rings. The third-order valence-corrected chi connectivity index (χ3v) is 4.18. The van der Waals surface area contributed by atoms with Crippen molar-refractivity contribution in [2.45, 2.75) is 6.10 Å². The number of thioether (sulfide) groups is 1. The van der Waals surface area contributed by atoms with Gasteiger partial charge in [-0.15, -0.1) is 0 Å². The van der Waals surface area contributed by atoms with E-state index < -0.39 is 6.10 Å². The van der Waals surface area contributed by atoms with E-state index in [1.807, 2.05) is 24.4 Å². The van der Waals surface area contributed by atoms with Crippen LogP contribution in [0.5, 0.6) is 0 Å². The van der Waals surface area contributed by atoms with E-state index in [4.69, 9.17) is 5.73 Å². The van der Waals surface area contributed by atoms with Crippen LogP contribution in [-0.4, -0.2) is 63.5 Å². The maximum atomic E-state index is 10.1. The van der Waals surface area contributed by atoms with Gasteiger partial charge < -0.3 is 25.8 Å². The monoisotopic (exact) mass is 311 g/mol. The van der Waals surface area contributed by atoms with Crippen molar-refractivity contribution in [2.75, 3.05) is 42.8 Å². The minimum absolute atomic E-state index is 0.0639. The van der Waals surface area contributed by atoms with Gasteiger partial charge in [0.2, 0.25) is 0 Å². The van der Waals surface area contributed by atoms with Crippen molar-refractivity contribution >= 4 is 34.3 Å². The molecule has 116 valence electrons. The molecule has 0 amide bonds. The maximum absolute atomic E-state index is 10.1. The average molecular weight is 311 g/mol. The number of aliphatic hydroxyl groups excluding tert-OH is 2. The lowest BCUT2D eigenvalue weighted by atomic mass is 10.0. The molecule has 0 spiro atoms. The van der Waals surface area contributed by atoms with Crippen molar-refractivity contribution in [2.24, 2.45) is 5.92 Å². The Kier molecular flexibility index (Phi) is 5.27. The van der Waals surface area contributed by atoms with Gasteiger partial charge >= 0.3 is 0 Å². The molecule has 0 aromatic carbocycles. The van der Waals surface area contributed by atoms with Crippen molar-refractivity contribution in [3.05, 3.63) is 12.5 Å². The van der Waals surface area contributed by atoms with E-state index in [0.29, 0.717) is 23.6 Å². The molecular formula is C13H21N5O2S. The zero-order valence-electron chi connectivity index (χ0n) is 12.2. The molecule has 0 saturated heterocycles. The highest BCUT2D eigenvalue weighted by Crippen LogP contribution is 2.27. The summed E-state index contributed by atoms with van der Waals surface area (Å²) in [6.07, 6.45) is 4.62. The van der Waals surface area contributed by atoms with E-state index >= 15 is 0 Å². The van der Waals surface area contributed by atoms with Crippen LogP contribution in [0.15, 0.2) is 12.5 Å². The second-order valence-corrected chi connectivity index (χ2v) is 5.91. The van der Waals surface area contributed by atoms with Gasteiger partial charge in [0.05, 0.1) is 18.4 Å². The number of aromatic amines is 1. The van der Waals surface area contributed by atoms with Crippen molar-refractivity contribution in [1.82, 2.24) is 15.0 Å². The molecule has 0 saturated carbocycles. The van der Waals surface area contributed by atoms with Crippen LogP contribution < -0.4 is 10.6 Å². The zero-order chi connectivity index (χ0) is 15.4. The highest BCUT2D eigenvalue weighted by Gasteiger charge is 2.21. The normalized spacial score (nSPS) is 14.3. The number of nitrogens with zero attached hydrogens (tertiary/aromatic N) is 3. The van der Waals surface area contributed by atoms with Gasteiger partial charge in [0, 0.05) is 31.5 Å². The molecule has 0 radical (unpaired) electrons. The molecule has 2 aromatic heterocycles. The molecule has 5 N–H and O–H groups in total. The van der Waals surface area contributed by atoms with Crippen LogP contribution in [0.3, 0.4) is 0 Å². The summed E-state index contributed by atoms with van der Waals surface area (Å²) >= 11 is 1.56. The molecule has 0 aliphatic heterocycles. The Bertz CT molecular complexity index is 591. The lowest BCUT2D eigenvalue weighted by Crippen LogP contribution is -2.36.